The van der Waals surface area contributed by atoms with Crippen molar-refractivity contribution in [1.29, 1.82) is 0 Å². The predicted molar refractivity (Wildman–Crippen MR) is 311 cm³/mol. The van der Waals surface area contributed by atoms with E-state index in [0.29, 0.717) is 32.4 Å². The van der Waals surface area contributed by atoms with Crippen LogP contribution in [0.5, 0.6) is 0 Å². The minimum Gasteiger partial charge on any atom is -0.354 e. The summed E-state index contributed by atoms with van der Waals surface area (Å²) in [4.78, 5) is 141. The summed E-state index contributed by atoms with van der Waals surface area (Å²) < 4.78 is 56.2. The molecule has 25 heteroatoms. The third-order valence-electron chi connectivity index (χ3n) is 15.8. The number of hydrogen-bond acceptors (Lipinski definition) is 11. The lowest BCUT2D eigenvalue weighted by molar-refractivity contribution is -0.153. The highest BCUT2D eigenvalue weighted by molar-refractivity contribution is 6.03. The van der Waals surface area contributed by atoms with E-state index in [1.54, 1.807) is 27.7 Å². The molecule has 1 saturated heterocycles. The average molecular weight is 1210 g/mol. The Bertz CT molecular complexity index is 2510. The number of halogens is 4. The van der Waals surface area contributed by atoms with E-state index in [-0.39, 0.29) is 67.0 Å². The van der Waals surface area contributed by atoms with Gasteiger partial charge in [-0.25, -0.2) is 4.39 Å². The standard InChI is InChI=1S/C60H95F4N11O10/c1-36(2)32-42(49(79)67-44(34-60(62,63)64)51(81)72-58(9,10)55(85)73-56(5,6)53(83)65-30-27-46(76)70-59(28-17-29-59)35-74(11)12)68-54(84)57(7,8)71-50(80)43(33-37(3)4)66-47(77)41(26-21-38-18-14-13-15-19-38)48(78)69-45-20-16-31-75(45)52(82)39-22-24-40(61)25-23-39/h22-25,36-38,41-45H,13-21,26-35H2,1-12H3,(H,65,83)(H,66,77)(H,67,79)(H,68,84)(H,69,78)(H,70,76)(H,71,80)(H,72,81)(H,73,85)/t41-,42-,43-,44-,45-/m0/s1. The summed E-state index contributed by atoms with van der Waals surface area (Å²) in [7, 11) is 3.82. The number of benzene rings is 1. The number of nitrogens with one attached hydrogen (secondary N) is 9. The normalized spacial score (nSPS) is 18.0. The second-order valence-corrected chi connectivity index (χ2v) is 26.3. The molecular formula is C60H95F4N11O10. The lowest BCUT2D eigenvalue weighted by Gasteiger charge is -2.44. The zero-order valence-electron chi connectivity index (χ0n) is 51.9. The van der Waals surface area contributed by atoms with E-state index in [0.717, 1.165) is 51.4 Å². The number of likely N-dealkylation sites (tertiary alicyclic amines) is 1. The number of nitrogens with zero attached hydrogens (tertiary/aromatic N) is 2. The van der Waals surface area contributed by atoms with Gasteiger partial charge < -0.3 is 57.7 Å². The molecule has 1 aromatic rings. The van der Waals surface area contributed by atoms with Crippen molar-refractivity contribution in [2.45, 2.75) is 225 Å². The van der Waals surface area contributed by atoms with Gasteiger partial charge in [-0.3, -0.25) is 47.9 Å². The highest BCUT2D eigenvalue weighted by atomic mass is 19.4. The first kappa shape index (κ1) is 71.1. The third kappa shape index (κ3) is 22.4. The maximum atomic E-state index is 14.4. The molecule has 0 bridgehead atoms. The van der Waals surface area contributed by atoms with Crippen molar-refractivity contribution in [2.24, 2.45) is 23.7 Å². The maximum absolute atomic E-state index is 14.4. The van der Waals surface area contributed by atoms with Gasteiger partial charge in [0.1, 0.15) is 52.6 Å². The lowest BCUT2D eigenvalue weighted by Crippen LogP contribution is -2.65. The summed E-state index contributed by atoms with van der Waals surface area (Å²) in [5.41, 5.74) is -5.57. The van der Waals surface area contributed by atoms with Crippen LogP contribution in [0.4, 0.5) is 17.6 Å². The molecule has 0 aromatic heterocycles. The zero-order chi connectivity index (χ0) is 63.8. The molecule has 0 unspecified atom stereocenters. The van der Waals surface area contributed by atoms with Gasteiger partial charge in [0.15, 0.2) is 0 Å². The number of alkyl halides is 3. The molecule has 10 amide bonds. The molecule has 3 fully saturated rings. The molecule has 0 radical (unpaired) electrons. The van der Waals surface area contributed by atoms with Crippen molar-refractivity contribution in [3.63, 3.8) is 0 Å². The van der Waals surface area contributed by atoms with Crippen LogP contribution in [0.2, 0.25) is 0 Å². The Balaban J connectivity index is 1.44. The topological polar surface area (TPSA) is 285 Å². The van der Waals surface area contributed by atoms with Crippen LogP contribution in [0.15, 0.2) is 24.3 Å². The molecule has 0 spiro atoms. The molecule has 2 aliphatic carbocycles. The van der Waals surface area contributed by atoms with Crippen LogP contribution in [0.25, 0.3) is 0 Å². The summed E-state index contributed by atoms with van der Waals surface area (Å²) in [6.07, 6.45) is 1.46. The fourth-order valence-electron chi connectivity index (χ4n) is 11.0. The minimum absolute atomic E-state index is 0.0451. The first-order chi connectivity index (χ1) is 39.4. The molecule has 4 rings (SSSR count). The number of carbonyl (C=O) groups is 10. The van der Waals surface area contributed by atoms with Crippen LogP contribution in [0.3, 0.4) is 0 Å². The SMILES string of the molecule is CC(C)C[C@H](NC(=O)[C@H](CCC1CCCCC1)C(=O)N[C@@H]1CCCN1C(=O)c1ccc(F)cc1)C(=O)NC(C)(C)C(=O)N[C@@H](CC(C)C)C(=O)N[C@@H](CC(F)(F)F)C(=O)NC(C)(C)C(=O)NC(C)(C)C(=O)NCCC(=O)NC1(CN(C)C)CCC1. The van der Waals surface area contributed by atoms with Crippen molar-refractivity contribution in [3.8, 4) is 0 Å². The van der Waals surface area contributed by atoms with Gasteiger partial charge in [-0.1, -0.05) is 59.8 Å². The van der Waals surface area contributed by atoms with E-state index >= 15 is 0 Å². The van der Waals surface area contributed by atoms with Gasteiger partial charge in [0.05, 0.1) is 12.0 Å². The predicted octanol–water partition coefficient (Wildman–Crippen LogP) is 4.77. The van der Waals surface area contributed by atoms with E-state index in [9.17, 15) is 65.5 Å². The molecule has 2 saturated carbocycles. The summed E-state index contributed by atoms with van der Waals surface area (Å²) in [6.45, 7) is 15.6. The lowest BCUT2D eigenvalue weighted by atomic mass is 9.76. The summed E-state index contributed by atoms with van der Waals surface area (Å²) >= 11 is 0. The Hall–Kier alpha value is -6.40. The van der Waals surface area contributed by atoms with Gasteiger partial charge in [0.2, 0.25) is 53.2 Å². The van der Waals surface area contributed by atoms with E-state index in [1.165, 1.54) is 70.7 Å². The first-order valence-electron chi connectivity index (χ1n) is 30.0. The molecule has 85 heavy (non-hydrogen) atoms. The molecule has 5 atom stereocenters. The van der Waals surface area contributed by atoms with Crippen LogP contribution in [-0.4, -0.2) is 155 Å². The van der Waals surface area contributed by atoms with Crippen molar-refractivity contribution in [1.82, 2.24) is 57.7 Å². The average Bonchev–Trinajstić information content (AvgIpc) is 4.07. The highest BCUT2D eigenvalue weighted by Crippen LogP contribution is 2.33. The van der Waals surface area contributed by atoms with Crippen LogP contribution in [0.1, 0.15) is 182 Å². The number of hydrogen-bond donors (Lipinski definition) is 9. The quantitative estimate of drug-likeness (QED) is 0.0374. The first-order valence-corrected chi connectivity index (χ1v) is 30.0. The smallest absolute Gasteiger partial charge is 0.354 e. The van der Waals surface area contributed by atoms with E-state index in [4.69, 9.17) is 0 Å². The molecule has 1 heterocycles. The summed E-state index contributed by atoms with van der Waals surface area (Å²) in [6, 6.07) is -0.141. The molecule has 1 aromatic carbocycles. The van der Waals surface area contributed by atoms with Gasteiger partial charge in [-0.05, 0) is 155 Å². The monoisotopic (exact) mass is 1210 g/mol. The van der Waals surface area contributed by atoms with Crippen molar-refractivity contribution in [3.05, 3.63) is 35.6 Å². The summed E-state index contributed by atoms with van der Waals surface area (Å²) in [5, 5.41) is 23.3. The second-order valence-electron chi connectivity index (χ2n) is 26.3. The van der Waals surface area contributed by atoms with E-state index < -0.39 is 118 Å². The van der Waals surface area contributed by atoms with Gasteiger partial charge in [0, 0.05) is 31.6 Å². The molecule has 478 valence electrons. The molecule has 9 N–H and O–H groups in total. The number of likely N-dealkylation sites (N-methyl/N-ethyl adjacent to an activating group) is 1. The number of carbonyl (C=O) groups excluding carboxylic acids is 10. The minimum atomic E-state index is -5.03. The van der Waals surface area contributed by atoms with Crippen molar-refractivity contribution in [2.75, 3.05) is 33.7 Å². The molecule has 3 aliphatic rings. The molecule has 1 aliphatic heterocycles. The van der Waals surface area contributed by atoms with Crippen LogP contribution in [-0.2, 0) is 43.2 Å². The van der Waals surface area contributed by atoms with E-state index in [2.05, 4.69) is 47.9 Å². The second kappa shape index (κ2) is 30.8. The molecule has 21 nitrogen and oxygen atoms in total. The maximum Gasteiger partial charge on any atom is 0.391 e. The van der Waals surface area contributed by atoms with Crippen molar-refractivity contribution >= 4 is 59.1 Å². The fraction of sp³-hybridized carbons (Fsp3) is 0.733. The van der Waals surface area contributed by atoms with Gasteiger partial charge in [-0.2, -0.15) is 13.2 Å². The highest BCUT2D eigenvalue weighted by Gasteiger charge is 2.44. The van der Waals surface area contributed by atoms with Crippen LogP contribution >= 0.6 is 0 Å². The Morgan fingerprint density at radius 1 is 0.635 bits per heavy atom. The Morgan fingerprint density at radius 3 is 1.72 bits per heavy atom. The van der Waals surface area contributed by atoms with Gasteiger partial charge in [-0.15, -0.1) is 0 Å². The number of amides is 10. The Kier molecular flexibility index (Phi) is 25.8. The van der Waals surface area contributed by atoms with Crippen LogP contribution in [0, 0.1) is 29.5 Å². The van der Waals surface area contributed by atoms with Crippen molar-refractivity contribution < 1.29 is 65.5 Å². The Morgan fingerprint density at radius 2 is 1.18 bits per heavy atom. The third-order valence-corrected chi connectivity index (χ3v) is 15.8. The Labute approximate surface area is 498 Å². The number of rotatable bonds is 30. The largest absolute Gasteiger partial charge is 0.391 e. The van der Waals surface area contributed by atoms with Gasteiger partial charge >= 0.3 is 6.18 Å². The summed E-state index contributed by atoms with van der Waals surface area (Å²) in [5.74, 6) is -10.2. The molecular weight excluding hydrogens is 1110 g/mol. The van der Waals surface area contributed by atoms with Crippen LogP contribution < -0.4 is 47.9 Å². The van der Waals surface area contributed by atoms with Gasteiger partial charge in [0.25, 0.3) is 5.91 Å². The van der Waals surface area contributed by atoms with E-state index in [1.807, 2.05) is 19.0 Å². The zero-order valence-corrected chi connectivity index (χ0v) is 51.9. The fourth-order valence-corrected chi connectivity index (χ4v) is 11.0.